The average molecular weight is 432 g/mol. The average Bonchev–Trinajstić information content (AvgIpc) is 3.20. The van der Waals surface area contributed by atoms with Crippen molar-refractivity contribution in [2.24, 2.45) is 0 Å². The molecule has 0 radical (unpaired) electrons. The third kappa shape index (κ3) is 5.03. The smallest absolute Gasteiger partial charge is 0.251 e. The van der Waals surface area contributed by atoms with Crippen LogP contribution in [0.5, 0.6) is 5.75 Å². The minimum atomic E-state index is -0.0943. The summed E-state index contributed by atoms with van der Waals surface area (Å²) < 4.78 is 11.5. The van der Waals surface area contributed by atoms with E-state index in [1.54, 1.807) is 0 Å². The Labute approximate surface area is 186 Å². The SMILES string of the molecule is CC(C)Oc1ccccc1-c1ccc(C(=O)NCCNc2nsc3ccccc23)cc1. The number of rotatable bonds is 8. The van der Waals surface area contributed by atoms with Gasteiger partial charge in [0.1, 0.15) is 11.6 Å². The summed E-state index contributed by atoms with van der Waals surface area (Å²) in [4.78, 5) is 12.5. The van der Waals surface area contributed by atoms with Gasteiger partial charge in [-0.05, 0) is 61.3 Å². The molecule has 0 spiro atoms. The number of carbonyl (C=O) groups is 1. The van der Waals surface area contributed by atoms with Crippen LogP contribution in [0.15, 0.2) is 72.8 Å². The van der Waals surface area contributed by atoms with E-state index in [1.807, 2.05) is 80.6 Å². The minimum Gasteiger partial charge on any atom is -0.490 e. The second-order valence-corrected chi connectivity index (χ2v) is 8.26. The van der Waals surface area contributed by atoms with Crippen LogP contribution in [0.4, 0.5) is 5.82 Å². The molecular weight excluding hydrogens is 406 g/mol. The first kappa shape index (κ1) is 20.9. The van der Waals surface area contributed by atoms with E-state index in [4.69, 9.17) is 4.74 Å². The lowest BCUT2D eigenvalue weighted by molar-refractivity contribution is 0.0955. The maximum atomic E-state index is 12.5. The number of aromatic nitrogens is 1. The van der Waals surface area contributed by atoms with Crippen molar-refractivity contribution in [3.05, 3.63) is 78.4 Å². The number of carbonyl (C=O) groups excluding carboxylic acids is 1. The Morgan fingerprint density at radius 1 is 0.968 bits per heavy atom. The molecule has 0 saturated carbocycles. The van der Waals surface area contributed by atoms with E-state index in [-0.39, 0.29) is 12.0 Å². The zero-order valence-corrected chi connectivity index (χ0v) is 18.4. The molecule has 0 saturated heterocycles. The van der Waals surface area contributed by atoms with Gasteiger partial charge < -0.3 is 15.4 Å². The molecule has 31 heavy (non-hydrogen) atoms. The van der Waals surface area contributed by atoms with Crippen molar-refractivity contribution in [2.75, 3.05) is 18.4 Å². The zero-order valence-electron chi connectivity index (χ0n) is 17.6. The van der Waals surface area contributed by atoms with Crippen molar-refractivity contribution in [1.29, 1.82) is 0 Å². The van der Waals surface area contributed by atoms with Crippen molar-refractivity contribution in [3.63, 3.8) is 0 Å². The molecule has 0 unspecified atom stereocenters. The lowest BCUT2D eigenvalue weighted by Crippen LogP contribution is -2.28. The van der Waals surface area contributed by atoms with Crippen molar-refractivity contribution in [3.8, 4) is 16.9 Å². The highest BCUT2D eigenvalue weighted by Crippen LogP contribution is 2.30. The number of fused-ring (bicyclic) bond motifs is 1. The molecule has 1 amide bonds. The molecule has 5 nitrogen and oxygen atoms in total. The van der Waals surface area contributed by atoms with Crippen molar-refractivity contribution < 1.29 is 9.53 Å². The molecule has 4 rings (SSSR count). The number of nitrogens with zero attached hydrogens (tertiary/aromatic N) is 1. The predicted octanol–water partition coefficient (Wildman–Crippen LogP) is 5.59. The van der Waals surface area contributed by atoms with Crippen LogP contribution < -0.4 is 15.4 Å². The molecule has 158 valence electrons. The number of anilines is 1. The molecule has 4 aromatic rings. The Bertz CT molecular complexity index is 1170. The standard InChI is InChI=1S/C25H25N3O2S/c1-17(2)30-22-9-5-3-7-20(22)18-11-13-19(14-12-18)25(29)27-16-15-26-24-21-8-4-6-10-23(21)31-28-24/h3-14,17H,15-16H2,1-2H3,(H,26,28)(H,27,29). The van der Waals surface area contributed by atoms with Gasteiger partial charge in [-0.25, -0.2) is 0 Å². The summed E-state index contributed by atoms with van der Waals surface area (Å²) in [7, 11) is 0. The number of nitrogens with one attached hydrogen (secondary N) is 2. The van der Waals surface area contributed by atoms with E-state index in [0.29, 0.717) is 18.7 Å². The van der Waals surface area contributed by atoms with Gasteiger partial charge in [0.2, 0.25) is 0 Å². The molecule has 3 aromatic carbocycles. The van der Waals surface area contributed by atoms with Crippen LogP contribution in [0.3, 0.4) is 0 Å². The van der Waals surface area contributed by atoms with Gasteiger partial charge in [-0.1, -0.05) is 42.5 Å². The Balaban J connectivity index is 1.34. The molecule has 0 aliphatic carbocycles. The van der Waals surface area contributed by atoms with Crippen LogP contribution in [0.25, 0.3) is 21.2 Å². The first-order valence-corrected chi connectivity index (χ1v) is 11.1. The van der Waals surface area contributed by atoms with E-state index in [2.05, 4.69) is 21.1 Å². The Morgan fingerprint density at radius 2 is 1.71 bits per heavy atom. The number of hydrogen-bond donors (Lipinski definition) is 2. The number of hydrogen-bond acceptors (Lipinski definition) is 5. The summed E-state index contributed by atoms with van der Waals surface area (Å²) >= 11 is 1.47. The third-order valence-electron chi connectivity index (χ3n) is 4.79. The molecule has 6 heteroatoms. The van der Waals surface area contributed by atoms with Gasteiger partial charge in [-0.3, -0.25) is 4.79 Å². The highest BCUT2D eigenvalue weighted by Gasteiger charge is 2.10. The second-order valence-electron chi connectivity index (χ2n) is 7.45. The topological polar surface area (TPSA) is 63.2 Å². The van der Waals surface area contributed by atoms with Crippen LogP contribution in [-0.4, -0.2) is 29.5 Å². The van der Waals surface area contributed by atoms with Crippen LogP contribution in [-0.2, 0) is 0 Å². The van der Waals surface area contributed by atoms with Gasteiger partial charge in [0.05, 0.1) is 10.8 Å². The van der Waals surface area contributed by atoms with Gasteiger partial charge in [0, 0.05) is 29.6 Å². The highest BCUT2D eigenvalue weighted by atomic mass is 32.1. The molecular formula is C25H25N3O2S. The first-order valence-electron chi connectivity index (χ1n) is 10.3. The Morgan fingerprint density at radius 3 is 2.52 bits per heavy atom. The molecule has 0 bridgehead atoms. The van der Waals surface area contributed by atoms with E-state index in [9.17, 15) is 4.79 Å². The largest absolute Gasteiger partial charge is 0.490 e. The number of benzene rings is 3. The van der Waals surface area contributed by atoms with Crippen molar-refractivity contribution in [1.82, 2.24) is 9.69 Å². The van der Waals surface area contributed by atoms with Gasteiger partial charge in [0.25, 0.3) is 5.91 Å². The zero-order chi connectivity index (χ0) is 21.6. The molecule has 1 heterocycles. The van der Waals surface area contributed by atoms with E-state index in [1.165, 1.54) is 11.5 Å². The van der Waals surface area contributed by atoms with Gasteiger partial charge in [0.15, 0.2) is 0 Å². The van der Waals surface area contributed by atoms with E-state index < -0.39 is 0 Å². The van der Waals surface area contributed by atoms with Crippen LogP contribution in [0.1, 0.15) is 24.2 Å². The van der Waals surface area contributed by atoms with Gasteiger partial charge in [-0.15, -0.1) is 0 Å². The summed E-state index contributed by atoms with van der Waals surface area (Å²) in [5.41, 5.74) is 2.66. The van der Waals surface area contributed by atoms with Crippen molar-refractivity contribution in [2.45, 2.75) is 20.0 Å². The molecule has 0 aliphatic rings. The lowest BCUT2D eigenvalue weighted by Gasteiger charge is -2.14. The molecule has 2 N–H and O–H groups in total. The van der Waals surface area contributed by atoms with Crippen LogP contribution in [0, 0.1) is 0 Å². The molecule has 1 aromatic heterocycles. The molecule has 0 aliphatic heterocycles. The normalized spacial score (nSPS) is 10.9. The molecule has 0 fully saturated rings. The monoisotopic (exact) mass is 431 g/mol. The summed E-state index contributed by atoms with van der Waals surface area (Å²) in [5, 5.41) is 7.36. The Kier molecular flexibility index (Phi) is 6.48. The summed E-state index contributed by atoms with van der Waals surface area (Å²) in [6.07, 6.45) is 0.0991. The predicted molar refractivity (Wildman–Crippen MR) is 128 cm³/mol. The third-order valence-corrected chi connectivity index (χ3v) is 5.61. The highest BCUT2D eigenvalue weighted by molar-refractivity contribution is 7.13. The lowest BCUT2D eigenvalue weighted by atomic mass is 10.0. The maximum Gasteiger partial charge on any atom is 0.251 e. The summed E-state index contributed by atoms with van der Waals surface area (Å²) in [6.45, 7) is 5.14. The van der Waals surface area contributed by atoms with Crippen molar-refractivity contribution >= 4 is 33.3 Å². The molecule has 0 atom stereocenters. The summed E-state index contributed by atoms with van der Waals surface area (Å²) in [6, 6.07) is 23.7. The van der Waals surface area contributed by atoms with Gasteiger partial charge >= 0.3 is 0 Å². The first-order chi connectivity index (χ1) is 15.1. The van der Waals surface area contributed by atoms with Crippen LogP contribution in [0.2, 0.25) is 0 Å². The van der Waals surface area contributed by atoms with Gasteiger partial charge in [-0.2, -0.15) is 4.37 Å². The van der Waals surface area contributed by atoms with E-state index >= 15 is 0 Å². The van der Waals surface area contributed by atoms with E-state index in [0.717, 1.165) is 32.8 Å². The number of amides is 1. The minimum absolute atomic E-state index is 0.0943. The fourth-order valence-electron chi connectivity index (χ4n) is 3.34. The number of para-hydroxylation sites is 1. The summed E-state index contributed by atoms with van der Waals surface area (Å²) in [5.74, 6) is 1.61. The van der Waals surface area contributed by atoms with Crippen LogP contribution >= 0.6 is 11.5 Å². The quantitative estimate of drug-likeness (QED) is 0.357. The fourth-order valence-corrected chi connectivity index (χ4v) is 4.09. The fraction of sp³-hybridized carbons (Fsp3) is 0.200. The maximum absolute atomic E-state index is 12.5. The second kappa shape index (κ2) is 9.62. The Hall–Kier alpha value is -3.38. The number of ether oxygens (including phenoxy) is 1.